The molecular formula is C10H7ClO2S. The van der Waals surface area contributed by atoms with Gasteiger partial charge in [0.1, 0.15) is 4.88 Å². The predicted molar refractivity (Wildman–Crippen MR) is 58.2 cm³/mol. The molecule has 0 saturated heterocycles. The molecule has 0 unspecified atom stereocenters. The van der Waals surface area contributed by atoms with Crippen LogP contribution in [0.2, 0.25) is 5.02 Å². The van der Waals surface area contributed by atoms with Crippen molar-refractivity contribution in [2.24, 2.45) is 0 Å². The molecule has 1 aromatic heterocycles. The number of carbonyl (C=O) groups is 1. The summed E-state index contributed by atoms with van der Waals surface area (Å²) < 4.78 is 5.63. The Hall–Kier alpha value is -1.06. The lowest BCUT2D eigenvalue weighted by molar-refractivity contribution is 0.0606. The third-order valence-corrected chi connectivity index (χ3v) is 3.18. The van der Waals surface area contributed by atoms with Crippen molar-refractivity contribution in [1.82, 2.24) is 0 Å². The first kappa shape index (κ1) is 9.49. The molecule has 1 aromatic carbocycles. The van der Waals surface area contributed by atoms with Crippen molar-refractivity contribution in [1.29, 1.82) is 0 Å². The van der Waals surface area contributed by atoms with E-state index in [4.69, 9.17) is 11.6 Å². The molecule has 0 aliphatic carbocycles. The van der Waals surface area contributed by atoms with Crippen LogP contribution < -0.4 is 0 Å². The molecule has 2 rings (SSSR count). The second kappa shape index (κ2) is 3.59. The number of ether oxygens (including phenoxy) is 1. The van der Waals surface area contributed by atoms with Gasteiger partial charge in [-0.15, -0.1) is 11.3 Å². The Labute approximate surface area is 90.1 Å². The third-order valence-electron chi connectivity index (χ3n) is 1.87. The van der Waals surface area contributed by atoms with E-state index in [2.05, 4.69) is 4.74 Å². The van der Waals surface area contributed by atoms with E-state index in [-0.39, 0.29) is 5.97 Å². The molecule has 0 saturated carbocycles. The van der Waals surface area contributed by atoms with Gasteiger partial charge in [0.2, 0.25) is 0 Å². The van der Waals surface area contributed by atoms with Crippen LogP contribution >= 0.6 is 22.9 Å². The summed E-state index contributed by atoms with van der Waals surface area (Å²) in [5.41, 5.74) is 0. The van der Waals surface area contributed by atoms with Gasteiger partial charge in [-0.25, -0.2) is 4.79 Å². The number of methoxy groups -OCH3 is 1. The Kier molecular flexibility index (Phi) is 2.44. The highest BCUT2D eigenvalue weighted by molar-refractivity contribution is 7.20. The average Bonchev–Trinajstić information content (AvgIpc) is 2.59. The number of benzene rings is 1. The standard InChI is InChI=1S/C10H7ClO2S/c1-13-10(12)9-4-6-2-3-7(11)5-8(6)14-9/h2-5H,1H3. The van der Waals surface area contributed by atoms with E-state index in [1.807, 2.05) is 18.2 Å². The zero-order valence-corrected chi connectivity index (χ0v) is 8.98. The van der Waals surface area contributed by atoms with Gasteiger partial charge in [-0.05, 0) is 23.6 Å². The van der Waals surface area contributed by atoms with Crippen molar-refractivity contribution in [3.05, 3.63) is 34.2 Å². The smallest absolute Gasteiger partial charge is 0.348 e. The topological polar surface area (TPSA) is 26.3 Å². The fourth-order valence-corrected chi connectivity index (χ4v) is 2.46. The summed E-state index contributed by atoms with van der Waals surface area (Å²) in [5, 5.41) is 1.69. The summed E-state index contributed by atoms with van der Waals surface area (Å²) >= 11 is 7.22. The van der Waals surface area contributed by atoms with E-state index in [1.54, 1.807) is 6.07 Å². The molecule has 0 bridgehead atoms. The van der Waals surface area contributed by atoms with Gasteiger partial charge in [-0.2, -0.15) is 0 Å². The lowest BCUT2D eigenvalue weighted by Gasteiger charge is -1.90. The maximum atomic E-state index is 11.2. The zero-order valence-electron chi connectivity index (χ0n) is 7.41. The van der Waals surface area contributed by atoms with E-state index in [9.17, 15) is 4.79 Å². The first-order valence-electron chi connectivity index (χ1n) is 3.98. The Morgan fingerprint density at radius 2 is 2.21 bits per heavy atom. The van der Waals surface area contributed by atoms with E-state index in [0.717, 1.165) is 10.1 Å². The Morgan fingerprint density at radius 1 is 1.43 bits per heavy atom. The number of esters is 1. The number of thiophene rings is 1. The van der Waals surface area contributed by atoms with Gasteiger partial charge >= 0.3 is 5.97 Å². The molecule has 14 heavy (non-hydrogen) atoms. The molecule has 2 aromatic rings. The summed E-state index contributed by atoms with van der Waals surface area (Å²) in [5.74, 6) is -0.303. The van der Waals surface area contributed by atoms with Gasteiger partial charge in [-0.3, -0.25) is 0 Å². The summed E-state index contributed by atoms with van der Waals surface area (Å²) in [4.78, 5) is 11.8. The average molecular weight is 227 g/mol. The molecule has 72 valence electrons. The molecule has 0 radical (unpaired) electrons. The Morgan fingerprint density at radius 3 is 2.93 bits per heavy atom. The van der Waals surface area contributed by atoms with Gasteiger partial charge in [0.15, 0.2) is 0 Å². The number of carbonyl (C=O) groups excluding carboxylic acids is 1. The molecule has 1 heterocycles. The molecule has 0 fully saturated rings. The van der Waals surface area contributed by atoms with E-state index in [1.165, 1.54) is 18.4 Å². The molecule has 4 heteroatoms. The van der Waals surface area contributed by atoms with Gasteiger partial charge in [0, 0.05) is 9.72 Å². The van der Waals surface area contributed by atoms with Crippen LogP contribution in [0.1, 0.15) is 9.67 Å². The van der Waals surface area contributed by atoms with Crippen LogP contribution in [-0.2, 0) is 4.74 Å². The van der Waals surface area contributed by atoms with Crippen molar-refractivity contribution in [3.8, 4) is 0 Å². The highest BCUT2D eigenvalue weighted by Crippen LogP contribution is 2.28. The van der Waals surface area contributed by atoms with Crippen molar-refractivity contribution in [2.45, 2.75) is 0 Å². The molecule has 0 N–H and O–H groups in total. The normalized spacial score (nSPS) is 10.4. The van der Waals surface area contributed by atoms with Gasteiger partial charge in [-0.1, -0.05) is 17.7 Å². The van der Waals surface area contributed by atoms with E-state index < -0.39 is 0 Å². The van der Waals surface area contributed by atoms with Crippen LogP contribution in [0.5, 0.6) is 0 Å². The molecule has 0 aliphatic heterocycles. The van der Waals surface area contributed by atoms with E-state index in [0.29, 0.717) is 9.90 Å². The zero-order chi connectivity index (χ0) is 10.1. The fourth-order valence-electron chi connectivity index (χ4n) is 1.21. The van der Waals surface area contributed by atoms with Crippen LogP contribution in [0.25, 0.3) is 10.1 Å². The number of halogens is 1. The first-order valence-corrected chi connectivity index (χ1v) is 5.17. The van der Waals surface area contributed by atoms with Crippen molar-refractivity contribution in [2.75, 3.05) is 7.11 Å². The molecular weight excluding hydrogens is 220 g/mol. The second-order valence-electron chi connectivity index (χ2n) is 2.78. The van der Waals surface area contributed by atoms with Crippen molar-refractivity contribution in [3.63, 3.8) is 0 Å². The predicted octanol–water partition coefficient (Wildman–Crippen LogP) is 3.34. The quantitative estimate of drug-likeness (QED) is 0.698. The highest BCUT2D eigenvalue weighted by atomic mass is 35.5. The Bertz CT molecular complexity index is 490. The second-order valence-corrected chi connectivity index (χ2v) is 4.30. The first-order chi connectivity index (χ1) is 6.70. The fraction of sp³-hybridized carbons (Fsp3) is 0.100. The van der Waals surface area contributed by atoms with E-state index >= 15 is 0 Å². The minimum atomic E-state index is -0.303. The van der Waals surface area contributed by atoms with Crippen LogP contribution in [0.15, 0.2) is 24.3 Å². The van der Waals surface area contributed by atoms with Crippen molar-refractivity contribution >= 4 is 39.0 Å². The lowest BCUT2D eigenvalue weighted by Crippen LogP contribution is -1.96. The molecule has 0 spiro atoms. The third kappa shape index (κ3) is 1.61. The maximum absolute atomic E-state index is 11.2. The molecule has 2 nitrogen and oxygen atoms in total. The monoisotopic (exact) mass is 226 g/mol. The van der Waals surface area contributed by atoms with Crippen LogP contribution in [0, 0.1) is 0 Å². The largest absolute Gasteiger partial charge is 0.465 e. The summed E-state index contributed by atoms with van der Waals surface area (Å²) in [6.45, 7) is 0. The summed E-state index contributed by atoms with van der Waals surface area (Å²) in [6.07, 6.45) is 0. The number of hydrogen-bond acceptors (Lipinski definition) is 3. The van der Waals surface area contributed by atoms with Crippen molar-refractivity contribution < 1.29 is 9.53 Å². The minimum absolute atomic E-state index is 0.303. The number of rotatable bonds is 1. The number of fused-ring (bicyclic) bond motifs is 1. The van der Waals surface area contributed by atoms with Gasteiger partial charge in [0.25, 0.3) is 0 Å². The lowest BCUT2D eigenvalue weighted by atomic mass is 10.2. The molecule has 0 atom stereocenters. The number of hydrogen-bond donors (Lipinski definition) is 0. The van der Waals surface area contributed by atoms with Gasteiger partial charge < -0.3 is 4.74 Å². The SMILES string of the molecule is COC(=O)c1cc2ccc(Cl)cc2s1. The highest BCUT2D eigenvalue weighted by Gasteiger charge is 2.09. The van der Waals surface area contributed by atoms with Crippen LogP contribution in [0.3, 0.4) is 0 Å². The Balaban J connectivity index is 2.56. The van der Waals surface area contributed by atoms with Crippen LogP contribution in [-0.4, -0.2) is 13.1 Å². The summed E-state index contributed by atoms with van der Waals surface area (Å²) in [7, 11) is 1.37. The van der Waals surface area contributed by atoms with Gasteiger partial charge in [0.05, 0.1) is 7.11 Å². The molecule has 0 amide bonds. The summed E-state index contributed by atoms with van der Waals surface area (Å²) in [6, 6.07) is 7.34. The van der Waals surface area contributed by atoms with Crippen LogP contribution in [0.4, 0.5) is 0 Å². The minimum Gasteiger partial charge on any atom is -0.465 e. The molecule has 0 aliphatic rings. The maximum Gasteiger partial charge on any atom is 0.348 e.